The van der Waals surface area contributed by atoms with Crippen molar-refractivity contribution in [3.05, 3.63) is 34.9 Å². The number of nitrogens with one attached hydrogen (secondary N) is 1. The van der Waals surface area contributed by atoms with Gasteiger partial charge >= 0.3 is 0 Å². The molecule has 2 rings (SSSR count). The molecule has 2 atom stereocenters. The van der Waals surface area contributed by atoms with E-state index in [0.29, 0.717) is 6.04 Å². The summed E-state index contributed by atoms with van der Waals surface area (Å²) in [6.07, 6.45) is 5.23. The molecule has 1 aliphatic rings. The molecule has 1 aromatic carbocycles. The molecule has 3 heteroatoms. The minimum atomic E-state index is 0.396. The van der Waals surface area contributed by atoms with Gasteiger partial charge in [-0.1, -0.05) is 30.2 Å². The minimum absolute atomic E-state index is 0.396. The molecule has 19 heavy (non-hydrogen) atoms. The van der Waals surface area contributed by atoms with Gasteiger partial charge in [0.05, 0.1) is 0 Å². The summed E-state index contributed by atoms with van der Waals surface area (Å²) < 4.78 is 0. The van der Waals surface area contributed by atoms with Crippen LogP contribution in [0.25, 0.3) is 0 Å². The summed E-state index contributed by atoms with van der Waals surface area (Å²) >= 11 is 6.08. The van der Waals surface area contributed by atoms with Crippen LogP contribution in [0.4, 0.5) is 0 Å². The lowest BCUT2D eigenvalue weighted by Crippen LogP contribution is -2.39. The predicted molar refractivity (Wildman–Crippen MR) is 82.8 cm³/mol. The molecular weight excluding hydrogens is 256 g/mol. The zero-order valence-electron chi connectivity index (χ0n) is 12.0. The lowest BCUT2D eigenvalue weighted by Gasteiger charge is -2.34. The van der Waals surface area contributed by atoms with Crippen molar-refractivity contribution in [2.24, 2.45) is 0 Å². The molecule has 0 radical (unpaired) electrons. The van der Waals surface area contributed by atoms with Crippen LogP contribution in [0.2, 0.25) is 5.02 Å². The number of halogens is 1. The molecule has 1 fully saturated rings. The molecule has 2 unspecified atom stereocenters. The van der Waals surface area contributed by atoms with Crippen LogP contribution in [0.15, 0.2) is 24.3 Å². The van der Waals surface area contributed by atoms with Crippen molar-refractivity contribution in [2.45, 2.75) is 44.7 Å². The first-order valence-corrected chi connectivity index (χ1v) is 7.75. The van der Waals surface area contributed by atoms with Crippen molar-refractivity contribution in [1.29, 1.82) is 0 Å². The zero-order valence-corrected chi connectivity index (χ0v) is 12.8. The molecule has 1 N–H and O–H groups in total. The highest BCUT2D eigenvalue weighted by Gasteiger charge is 2.19. The lowest BCUT2D eigenvalue weighted by molar-refractivity contribution is 0.154. The summed E-state index contributed by atoms with van der Waals surface area (Å²) in [7, 11) is 2.03. The summed E-state index contributed by atoms with van der Waals surface area (Å²) in [5, 5.41) is 4.24. The third kappa shape index (κ3) is 4.20. The van der Waals surface area contributed by atoms with Crippen molar-refractivity contribution in [2.75, 3.05) is 20.1 Å². The van der Waals surface area contributed by atoms with Crippen LogP contribution in [0.1, 0.15) is 44.2 Å². The molecule has 0 aromatic heterocycles. The predicted octanol–water partition coefficient (Wildman–Crippen LogP) is 3.87. The Morgan fingerprint density at radius 3 is 2.95 bits per heavy atom. The first-order valence-electron chi connectivity index (χ1n) is 7.37. The Morgan fingerprint density at radius 1 is 1.42 bits per heavy atom. The Balaban J connectivity index is 1.92. The average molecular weight is 281 g/mol. The van der Waals surface area contributed by atoms with E-state index in [1.165, 1.54) is 37.9 Å². The van der Waals surface area contributed by atoms with E-state index >= 15 is 0 Å². The average Bonchev–Trinajstić information content (AvgIpc) is 2.41. The van der Waals surface area contributed by atoms with Crippen LogP contribution in [-0.2, 0) is 0 Å². The van der Waals surface area contributed by atoms with Gasteiger partial charge in [0.1, 0.15) is 0 Å². The highest BCUT2D eigenvalue weighted by Crippen LogP contribution is 2.23. The van der Waals surface area contributed by atoms with Gasteiger partial charge in [-0.2, -0.15) is 0 Å². The van der Waals surface area contributed by atoms with E-state index in [2.05, 4.69) is 29.3 Å². The Labute approximate surface area is 122 Å². The van der Waals surface area contributed by atoms with Crippen molar-refractivity contribution in [1.82, 2.24) is 10.2 Å². The number of likely N-dealkylation sites (tertiary alicyclic amines) is 1. The van der Waals surface area contributed by atoms with Gasteiger partial charge in [-0.15, -0.1) is 0 Å². The van der Waals surface area contributed by atoms with E-state index in [9.17, 15) is 0 Å². The number of nitrogens with zero attached hydrogens (tertiary/aromatic N) is 1. The fraction of sp³-hybridized carbons (Fsp3) is 0.625. The highest BCUT2D eigenvalue weighted by molar-refractivity contribution is 6.30. The van der Waals surface area contributed by atoms with Crippen LogP contribution >= 0.6 is 11.6 Å². The Bertz CT molecular complexity index is 394. The van der Waals surface area contributed by atoms with Crippen molar-refractivity contribution in [3.63, 3.8) is 0 Å². The number of piperidine rings is 1. The van der Waals surface area contributed by atoms with Crippen LogP contribution < -0.4 is 5.32 Å². The van der Waals surface area contributed by atoms with E-state index in [1.54, 1.807) is 0 Å². The highest BCUT2D eigenvalue weighted by atomic mass is 35.5. The van der Waals surface area contributed by atoms with Crippen LogP contribution in [0.3, 0.4) is 0 Å². The van der Waals surface area contributed by atoms with Gasteiger partial charge in [0.2, 0.25) is 0 Å². The summed E-state index contributed by atoms with van der Waals surface area (Å²) in [6, 6.07) is 9.34. The second-order valence-electron chi connectivity index (χ2n) is 5.57. The summed E-state index contributed by atoms with van der Waals surface area (Å²) in [6.45, 7) is 4.78. The molecule has 1 aromatic rings. The smallest absolute Gasteiger partial charge is 0.0409 e. The number of hydrogen-bond donors (Lipinski definition) is 1. The fourth-order valence-electron chi connectivity index (χ4n) is 2.99. The summed E-state index contributed by atoms with van der Waals surface area (Å²) in [4.78, 5) is 2.62. The molecule has 2 nitrogen and oxygen atoms in total. The molecule has 0 bridgehead atoms. The van der Waals surface area contributed by atoms with E-state index in [4.69, 9.17) is 11.6 Å². The quantitative estimate of drug-likeness (QED) is 0.881. The standard InChI is InChI=1S/C16H25ClN2/c1-13-6-3-4-10-19(13)11-9-16(18-2)14-7-5-8-15(17)12-14/h5,7-8,12-13,16,18H,3-4,6,9-11H2,1-2H3. The molecule has 1 heterocycles. The third-order valence-corrected chi connectivity index (χ3v) is 4.48. The van der Waals surface area contributed by atoms with Gasteiger partial charge in [-0.25, -0.2) is 0 Å². The van der Waals surface area contributed by atoms with E-state index < -0.39 is 0 Å². The Kier molecular flexibility index (Phi) is 5.68. The first kappa shape index (κ1) is 14.8. The maximum Gasteiger partial charge on any atom is 0.0409 e. The molecule has 0 amide bonds. The summed E-state index contributed by atoms with van der Waals surface area (Å²) in [5.41, 5.74) is 1.29. The van der Waals surface area contributed by atoms with E-state index in [0.717, 1.165) is 17.5 Å². The topological polar surface area (TPSA) is 15.3 Å². The normalized spacial score (nSPS) is 22.4. The maximum absolute atomic E-state index is 6.08. The first-order chi connectivity index (χ1) is 9.20. The minimum Gasteiger partial charge on any atom is -0.313 e. The van der Waals surface area contributed by atoms with Gasteiger partial charge in [0, 0.05) is 23.7 Å². The van der Waals surface area contributed by atoms with Crippen LogP contribution in [0.5, 0.6) is 0 Å². The van der Waals surface area contributed by atoms with Gasteiger partial charge in [0.15, 0.2) is 0 Å². The molecule has 106 valence electrons. The molecule has 1 saturated heterocycles. The summed E-state index contributed by atoms with van der Waals surface area (Å²) in [5.74, 6) is 0. The van der Waals surface area contributed by atoms with Gasteiger partial charge < -0.3 is 10.2 Å². The zero-order chi connectivity index (χ0) is 13.7. The van der Waals surface area contributed by atoms with Crippen molar-refractivity contribution in [3.8, 4) is 0 Å². The SMILES string of the molecule is CNC(CCN1CCCCC1C)c1cccc(Cl)c1. The van der Waals surface area contributed by atoms with Gasteiger partial charge in [-0.3, -0.25) is 0 Å². The number of hydrogen-bond acceptors (Lipinski definition) is 2. The lowest BCUT2D eigenvalue weighted by atomic mass is 10.0. The van der Waals surface area contributed by atoms with Crippen molar-refractivity contribution < 1.29 is 0 Å². The second kappa shape index (κ2) is 7.28. The Morgan fingerprint density at radius 2 is 2.26 bits per heavy atom. The van der Waals surface area contributed by atoms with E-state index in [-0.39, 0.29) is 0 Å². The van der Waals surface area contributed by atoms with Crippen LogP contribution in [-0.4, -0.2) is 31.1 Å². The van der Waals surface area contributed by atoms with E-state index in [1.807, 2.05) is 19.2 Å². The molecule has 0 spiro atoms. The second-order valence-corrected chi connectivity index (χ2v) is 6.00. The number of benzene rings is 1. The van der Waals surface area contributed by atoms with Gasteiger partial charge in [-0.05, 0) is 57.5 Å². The van der Waals surface area contributed by atoms with Crippen molar-refractivity contribution >= 4 is 11.6 Å². The molecular formula is C16H25ClN2. The fourth-order valence-corrected chi connectivity index (χ4v) is 3.18. The molecule has 0 aliphatic carbocycles. The maximum atomic E-state index is 6.08. The largest absolute Gasteiger partial charge is 0.313 e. The molecule has 0 saturated carbocycles. The Hall–Kier alpha value is -0.570. The van der Waals surface area contributed by atoms with Gasteiger partial charge in [0.25, 0.3) is 0 Å². The monoisotopic (exact) mass is 280 g/mol. The number of rotatable bonds is 5. The van der Waals surface area contributed by atoms with Crippen LogP contribution in [0, 0.1) is 0 Å². The third-order valence-electron chi connectivity index (χ3n) is 4.25. The molecule has 1 aliphatic heterocycles.